The van der Waals surface area contributed by atoms with Crippen LogP contribution in [0.4, 0.5) is 10.1 Å². The Hall–Kier alpha value is -2.38. The molecule has 0 amide bonds. The molecular weight excluding hydrogens is 277 g/mol. The van der Waals surface area contributed by atoms with Crippen LogP contribution < -0.4 is 4.90 Å². The monoisotopic (exact) mass is 295 g/mol. The van der Waals surface area contributed by atoms with Gasteiger partial charge in [0.25, 0.3) is 0 Å². The number of benzene rings is 2. The second-order valence-electron chi connectivity index (χ2n) is 5.55. The minimum atomic E-state index is -0.195. The largest absolute Gasteiger partial charge is 0.369 e. The summed E-state index contributed by atoms with van der Waals surface area (Å²) in [5.74, 6) is -0.195. The van der Waals surface area contributed by atoms with Crippen molar-refractivity contribution in [2.45, 2.75) is 6.54 Å². The summed E-state index contributed by atoms with van der Waals surface area (Å²) < 4.78 is 13.0. The molecule has 1 aliphatic rings. The summed E-state index contributed by atoms with van der Waals surface area (Å²) in [4.78, 5) is 4.66. The molecule has 0 atom stereocenters. The molecule has 1 aliphatic heterocycles. The van der Waals surface area contributed by atoms with E-state index in [0.717, 1.165) is 38.4 Å². The van der Waals surface area contributed by atoms with Crippen LogP contribution in [0.15, 0.2) is 48.5 Å². The lowest BCUT2D eigenvalue weighted by atomic mass is 10.1. The topological polar surface area (TPSA) is 30.3 Å². The molecule has 4 heteroatoms. The number of nitrogens with zero attached hydrogens (tertiary/aromatic N) is 3. The van der Waals surface area contributed by atoms with Gasteiger partial charge in [0.1, 0.15) is 5.82 Å². The van der Waals surface area contributed by atoms with Gasteiger partial charge in [-0.3, -0.25) is 4.90 Å². The second kappa shape index (κ2) is 6.59. The van der Waals surface area contributed by atoms with E-state index in [1.54, 1.807) is 0 Å². The normalized spacial score (nSPS) is 15.5. The number of hydrogen-bond donors (Lipinski definition) is 0. The molecule has 0 bridgehead atoms. The maximum Gasteiger partial charge on any atom is 0.123 e. The molecule has 3 nitrogen and oxygen atoms in total. The van der Waals surface area contributed by atoms with E-state index in [9.17, 15) is 4.39 Å². The summed E-state index contributed by atoms with van der Waals surface area (Å²) >= 11 is 0. The summed E-state index contributed by atoms with van der Waals surface area (Å²) in [5.41, 5.74) is 2.96. The fourth-order valence-corrected chi connectivity index (χ4v) is 2.81. The molecule has 3 rings (SSSR count). The van der Waals surface area contributed by atoms with Crippen molar-refractivity contribution in [3.63, 3.8) is 0 Å². The Labute approximate surface area is 130 Å². The van der Waals surface area contributed by atoms with Gasteiger partial charge in [0.05, 0.1) is 11.6 Å². The van der Waals surface area contributed by atoms with Crippen LogP contribution in [0.2, 0.25) is 0 Å². The molecule has 1 saturated heterocycles. The molecule has 0 unspecified atom stereocenters. The second-order valence-corrected chi connectivity index (χ2v) is 5.55. The first kappa shape index (κ1) is 14.6. The van der Waals surface area contributed by atoms with Crippen LogP contribution in [0, 0.1) is 17.1 Å². The number of halogens is 1. The van der Waals surface area contributed by atoms with E-state index in [1.165, 1.54) is 17.7 Å². The highest BCUT2D eigenvalue weighted by Gasteiger charge is 2.17. The van der Waals surface area contributed by atoms with E-state index in [1.807, 2.05) is 30.3 Å². The Balaban J connectivity index is 1.57. The van der Waals surface area contributed by atoms with Crippen molar-refractivity contribution in [3.8, 4) is 6.07 Å². The van der Waals surface area contributed by atoms with Crippen LogP contribution in [0.3, 0.4) is 0 Å². The van der Waals surface area contributed by atoms with Gasteiger partial charge in [-0.1, -0.05) is 12.1 Å². The van der Waals surface area contributed by atoms with E-state index < -0.39 is 0 Å². The van der Waals surface area contributed by atoms with Gasteiger partial charge in [-0.25, -0.2) is 4.39 Å². The predicted molar refractivity (Wildman–Crippen MR) is 85.0 cm³/mol. The van der Waals surface area contributed by atoms with E-state index in [4.69, 9.17) is 5.26 Å². The lowest BCUT2D eigenvalue weighted by Gasteiger charge is -2.36. The van der Waals surface area contributed by atoms with Crippen molar-refractivity contribution in [2.24, 2.45) is 0 Å². The molecule has 2 aromatic carbocycles. The first-order chi connectivity index (χ1) is 10.7. The molecule has 2 aromatic rings. The molecule has 1 fully saturated rings. The third kappa shape index (κ3) is 3.44. The van der Waals surface area contributed by atoms with Crippen molar-refractivity contribution < 1.29 is 4.39 Å². The Morgan fingerprint density at radius 1 is 1.00 bits per heavy atom. The minimum absolute atomic E-state index is 0.195. The fraction of sp³-hybridized carbons (Fsp3) is 0.278. The molecule has 0 spiro atoms. The smallest absolute Gasteiger partial charge is 0.123 e. The average Bonchev–Trinajstić information content (AvgIpc) is 2.57. The van der Waals surface area contributed by atoms with Gasteiger partial charge in [-0.05, 0) is 42.0 Å². The van der Waals surface area contributed by atoms with E-state index in [0.29, 0.717) is 5.56 Å². The maximum absolute atomic E-state index is 13.0. The van der Waals surface area contributed by atoms with Gasteiger partial charge in [-0.2, -0.15) is 5.26 Å². The van der Waals surface area contributed by atoms with Crippen LogP contribution in [0.25, 0.3) is 0 Å². The van der Waals surface area contributed by atoms with Crippen molar-refractivity contribution >= 4 is 5.69 Å². The molecular formula is C18H18FN3. The first-order valence-electron chi connectivity index (χ1n) is 7.46. The van der Waals surface area contributed by atoms with Crippen LogP contribution in [-0.2, 0) is 6.54 Å². The van der Waals surface area contributed by atoms with E-state index in [-0.39, 0.29) is 5.82 Å². The Kier molecular flexibility index (Phi) is 4.36. The zero-order valence-electron chi connectivity index (χ0n) is 12.4. The zero-order chi connectivity index (χ0) is 15.4. The van der Waals surface area contributed by atoms with Gasteiger partial charge in [0, 0.05) is 38.4 Å². The quantitative estimate of drug-likeness (QED) is 0.872. The summed E-state index contributed by atoms with van der Waals surface area (Å²) in [6.45, 7) is 4.67. The standard InChI is InChI=1S/C18H18FN3/c19-17-4-6-18(7-5-17)22-10-8-21(9-11-22)14-16-3-1-2-15(12-16)13-20/h1-7,12H,8-11,14H2. The lowest BCUT2D eigenvalue weighted by Crippen LogP contribution is -2.45. The number of nitriles is 1. The number of hydrogen-bond acceptors (Lipinski definition) is 3. The van der Waals surface area contributed by atoms with Crippen molar-refractivity contribution in [1.82, 2.24) is 4.90 Å². The van der Waals surface area contributed by atoms with Crippen molar-refractivity contribution in [2.75, 3.05) is 31.1 Å². The molecule has 0 aromatic heterocycles. The highest BCUT2D eigenvalue weighted by molar-refractivity contribution is 5.46. The molecule has 0 saturated carbocycles. The third-order valence-corrected chi connectivity index (χ3v) is 4.03. The maximum atomic E-state index is 13.0. The van der Waals surface area contributed by atoms with Gasteiger partial charge in [0.15, 0.2) is 0 Å². The Morgan fingerprint density at radius 2 is 1.73 bits per heavy atom. The zero-order valence-corrected chi connectivity index (χ0v) is 12.4. The van der Waals surface area contributed by atoms with E-state index in [2.05, 4.69) is 21.9 Å². The minimum Gasteiger partial charge on any atom is -0.369 e. The van der Waals surface area contributed by atoms with Crippen LogP contribution in [0.5, 0.6) is 0 Å². The molecule has 22 heavy (non-hydrogen) atoms. The number of piperazine rings is 1. The van der Waals surface area contributed by atoms with Crippen LogP contribution >= 0.6 is 0 Å². The van der Waals surface area contributed by atoms with Gasteiger partial charge in [0.2, 0.25) is 0 Å². The third-order valence-electron chi connectivity index (χ3n) is 4.03. The summed E-state index contributed by atoms with van der Waals surface area (Å²) in [7, 11) is 0. The van der Waals surface area contributed by atoms with Gasteiger partial charge < -0.3 is 4.90 Å². The summed E-state index contributed by atoms with van der Waals surface area (Å²) in [6.07, 6.45) is 0. The average molecular weight is 295 g/mol. The first-order valence-corrected chi connectivity index (χ1v) is 7.46. The molecule has 0 N–H and O–H groups in total. The van der Waals surface area contributed by atoms with Crippen LogP contribution in [-0.4, -0.2) is 31.1 Å². The lowest BCUT2D eigenvalue weighted by molar-refractivity contribution is 0.250. The Bertz CT molecular complexity index is 667. The molecule has 1 heterocycles. The summed E-state index contributed by atoms with van der Waals surface area (Å²) in [6, 6.07) is 16.6. The fourth-order valence-electron chi connectivity index (χ4n) is 2.81. The van der Waals surface area contributed by atoms with Gasteiger partial charge >= 0.3 is 0 Å². The molecule has 112 valence electrons. The highest BCUT2D eigenvalue weighted by atomic mass is 19.1. The van der Waals surface area contributed by atoms with Gasteiger partial charge in [-0.15, -0.1) is 0 Å². The number of anilines is 1. The highest BCUT2D eigenvalue weighted by Crippen LogP contribution is 2.18. The number of rotatable bonds is 3. The van der Waals surface area contributed by atoms with E-state index >= 15 is 0 Å². The summed E-state index contributed by atoms with van der Waals surface area (Å²) in [5, 5.41) is 8.95. The van der Waals surface area contributed by atoms with Crippen LogP contribution in [0.1, 0.15) is 11.1 Å². The predicted octanol–water partition coefficient (Wildman–Crippen LogP) is 3.02. The molecule has 0 radical (unpaired) electrons. The van der Waals surface area contributed by atoms with Crippen molar-refractivity contribution in [1.29, 1.82) is 5.26 Å². The van der Waals surface area contributed by atoms with Crippen molar-refractivity contribution in [3.05, 3.63) is 65.5 Å². The SMILES string of the molecule is N#Cc1cccc(CN2CCN(c3ccc(F)cc3)CC2)c1. The molecule has 0 aliphatic carbocycles. The Morgan fingerprint density at radius 3 is 2.41 bits per heavy atom.